The van der Waals surface area contributed by atoms with Crippen molar-refractivity contribution in [1.82, 2.24) is 19.7 Å². The third-order valence-corrected chi connectivity index (χ3v) is 4.61. The lowest BCUT2D eigenvalue weighted by Gasteiger charge is -2.24. The van der Waals surface area contributed by atoms with E-state index in [0.29, 0.717) is 17.6 Å². The van der Waals surface area contributed by atoms with Gasteiger partial charge in [0.15, 0.2) is 0 Å². The number of nitrogens with zero attached hydrogens (tertiary/aromatic N) is 6. The molecule has 0 aliphatic carbocycles. The van der Waals surface area contributed by atoms with E-state index in [9.17, 15) is 9.59 Å². The summed E-state index contributed by atoms with van der Waals surface area (Å²) in [6.07, 6.45) is 0. The number of fused-ring (bicyclic) bond motifs is 3. The second-order valence-electron chi connectivity index (χ2n) is 6.14. The van der Waals surface area contributed by atoms with Gasteiger partial charge in [-0.3, -0.25) is 4.79 Å². The minimum absolute atomic E-state index is 0.268. The Morgan fingerprint density at radius 2 is 1.75 bits per heavy atom. The fourth-order valence-corrected chi connectivity index (χ4v) is 3.23. The Kier molecular flexibility index (Phi) is 2.87. The molecule has 8 heteroatoms. The summed E-state index contributed by atoms with van der Waals surface area (Å²) >= 11 is 0. The molecule has 0 N–H and O–H groups in total. The molecule has 0 saturated carbocycles. The fourth-order valence-electron chi connectivity index (χ4n) is 3.23. The van der Waals surface area contributed by atoms with E-state index in [4.69, 9.17) is 0 Å². The zero-order chi connectivity index (χ0) is 17.2. The number of benzene rings is 1. The summed E-state index contributed by atoms with van der Waals surface area (Å²) < 4.78 is 3.28. The van der Waals surface area contributed by atoms with Crippen LogP contribution in [-0.2, 0) is 4.79 Å². The maximum Gasteiger partial charge on any atom is 0.445 e. The SMILES string of the molecule is Cc1ccc(-c2nnc3n2C2=[N+](C)C(=O)N(C)C(=O)C2N3C)cc1. The average Bonchev–Trinajstić information content (AvgIpc) is 3.11. The van der Waals surface area contributed by atoms with Gasteiger partial charge in [0.2, 0.25) is 17.7 Å². The number of likely N-dealkylation sites (N-methyl/N-ethyl adjacent to an activating group) is 2. The van der Waals surface area contributed by atoms with E-state index in [0.717, 1.165) is 16.0 Å². The molecule has 24 heavy (non-hydrogen) atoms. The number of aryl methyl sites for hydroxylation is 1. The summed E-state index contributed by atoms with van der Waals surface area (Å²) in [7, 11) is 4.94. The van der Waals surface area contributed by atoms with E-state index in [1.54, 1.807) is 23.6 Å². The van der Waals surface area contributed by atoms with E-state index in [2.05, 4.69) is 10.2 Å². The molecule has 2 aromatic rings. The molecule has 2 aliphatic heterocycles. The molecular weight excluding hydrogens is 308 g/mol. The number of carbonyl (C=O) groups excluding carboxylic acids is 2. The molecule has 8 nitrogen and oxygen atoms in total. The standard InChI is InChI=1S/C16H17N6O2/c1-9-5-7-10(8-6-9)12-17-18-15-19(2)11-13(22(12)15)20(3)16(24)21(4)14(11)23/h5-8,11H,1-4H3/q+1. The predicted octanol–water partition coefficient (Wildman–Crippen LogP) is 0.553. The van der Waals surface area contributed by atoms with Crippen molar-refractivity contribution in [2.24, 2.45) is 0 Å². The van der Waals surface area contributed by atoms with Crippen LogP contribution in [-0.4, -0.2) is 69.2 Å². The molecule has 1 aromatic heterocycles. The molecule has 0 saturated heterocycles. The Morgan fingerprint density at radius 3 is 2.42 bits per heavy atom. The van der Waals surface area contributed by atoms with E-state index in [1.165, 1.54) is 11.6 Å². The molecule has 0 spiro atoms. The number of hydrogen-bond acceptors (Lipinski definition) is 5. The van der Waals surface area contributed by atoms with Gasteiger partial charge in [0.25, 0.3) is 5.95 Å². The first-order valence-corrected chi connectivity index (χ1v) is 7.59. The van der Waals surface area contributed by atoms with Gasteiger partial charge >= 0.3 is 11.9 Å². The van der Waals surface area contributed by atoms with Crippen LogP contribution in [0.2, 0.25) is 0 Å². The third-order valence-electron chi connectivity index (χ3n) is 4.61. The highest BCUT2D eigenvalue weighted by Gasteiger charge is 2.54. The third kappa shape index (κ3) is 1.70. The van der Waals surface area contributed by atoms with Crippen molar-refractivity contribution >= 4 is 23.7 Å². The molecule has 0 radical (unpaired) electrons. The highest BCUT2D eigenvalue weighted by atomic mass is 16.2. The summed E-state index contributed by atoms with van der Waals surface area (Å²) in [6, 6.07) is 6.96. The summed E-state index contributed by atoms with van der Waals surface area (Å²) in [5.41, 5.74) is 2.03. The molecule has 0 bridgehead atoms. The number of anilines is 1. The van der Waals surface area contributed by atoms with Gasteiger partial charge in [0, 0.05) is 12.6 Å². The van der Waals surface area contributed by atoms with Crippen LogP contribution < -0.4 is 4.90 Å². The van der Waals surface area contributed by atoms with Crippen LogP contribution in [0.25, 0.3) is 11.4 Å². The first-order chi connectivity index (χ1) is 11.4. The Morgan fingerprint density at radius 1 is 1.08 bits per heavy atom. The summed E-state index contributed by atoms with van der Waals surface area (Å²) in [5, 5.41) is 8.50. The van der Waals surface area contributed by atoms with Crippen LogP contribution >= 0.6 is 0 Å². The molecule has 1 aromatic carbocycles. The molecule has 3 heterocycles. The molecule has 2 aliphatic rings. The quantitative estimate of drug-likeness (QED) is 0.716. The first kappa shape index (κ1) is 14.6. The smallest absolute Gasteiger partial charge is 0.308 e. The monoisotopic (exact) mass is 325 g/mol. The van der Waals surface area contributed by atoms with Crippen LogP contribution in [0, 0.1) is 6.92 Å². The zero-order valence-electron chi connectivity index (χ0n) is 13.9. The van der Waals surface area contributed by atoms with Crippen molar-refractivity contribution in [2.45, 2.75) is 13.0 Å². The van der Waals surface area contributed by atoms with Crippen LogP contribution in [0.5, 0.6) is 0 Å². The Balaban J connectivity index is 1.96. The Hall–Kier alpha value is -3.03. The van der Waals surface area contributed by atoms with Crippen LogP contribution in [0.1, 0.15) is 5.56 Å². The van der Waals surface area contributed by atoms with Gasteiger partial charge in [-0.2, -0.15) is 9.47 Å². The number of rotatable bonds is 1. The van der Waals surface area contributed by atoms with Gasteiger partial charge < -0.3 is 4.90 Å². The number of carbonyl (C=O) groups is 2. The minimum Gasteiger partial charge on any atom is -0.308 e. The summed E-state index contributed by atoms with van der Waals surface area (Å²) in [6.45, 7) is 2.01. The van der Waals surface area contributed by atoms with Gasteiger partial charge in [-0.1, -0.05) is 22.8 Å². The van der Waals surface area contributed by atoms with E-state index in [-0.39, 0.29) is 11.9 Å². The molecule has 3 amide bonds. The molecule has 4 rings (SSSR count). The van der Waals surface area contributed by atoms with Crippen LogP contribution in [0.15, 0.2) is 24.3 Å². The van der Waals surface area contributed by atoms with E-state index >= 15 is 0 Å². The van der Waals surface area contributed by atoms with E-state index in [1.807, 2.05) is 31.2 Å². The van der Waals surface area contributed by atoms with Gasteiger partial charge in [-0.05, 0) is 19.1 Å². The highest BCUT2D eigenvalue weighted by Crippen LogP contribution is 2.31. The summed E-state index contributed by atoms with van der Waals surface area (Å²) in [4.78, 5) is 27.8. The second kappa shape index (κ2) is 4.73. The largest absolute Gasteiger partial charge is 0.445 e. The van der Waals surface area contributed by atoms with Crippen LogP contribution in [0.3, 0.4) is 0 Å². The number of imide groups is 1. The molecule has 1 unspecified atom stereocenters. The molecule has 0 fully saturated rings. The lowest BCUT2D eigenvalue weighted by Crippen LogP contribution is -2.59. The highest BCUT2D eigenvalue weighted by molar-refractivity contribution is 6.18. The van der Waals surface area contributed by atoms with Crippen molar-refractivity contribution in [3.05, 3.63) is 29.8 Å². The van der Waals surface area contributed by atoms with Crippen molar-refractivity contribution < 1.29 is 14.2 Å². The topological polar surface area (TPSA) is 74.3 Å². The average molecular weight is 325 g/mol. The van der Waals surface area contributed by atoms with Gasteiger partial charge in [-0.15, -0.1) is 5.10 Å². The van der Waals surface area contributed by atoms with Crippen LogP contribution in [0.4, 0.5) is 10.7 Å². The van der Waals surface area contributed by atoms with Crippen molar-refractivity contribution in [2.75, 3.05) is 26.0 Å². The Bertz CT molecular complexity index is 911. The maximum absolute atomic E-state index is 12.6. The zero-order valence-corrected chi connectivity index (χ0v) is 13.9. The minimum atomic E-state index is -0.576. The van der Waals surface area contributed by atoms with Crippen molar-refractivity contribution in [3.63, 3.8) is 0 Å². The van der Waals surface area contributed by atoms with Gasteiger partial charge in [0.05, 0.1) is 14.1 Å². The number of hydrogen-bond donors (Lipinski definition) is 0. The Labute approximate surface area is 138 Å². The normalized spacial score (nSPS) is 19.9. The summed E-state index contributed by atoms with van der Waals surface area (Å²) in [5.74, 6) is 1.47. The lowest BCUT2D eigenvalue weighted by molar-refractivity contribution is -0.407. The van der Waals surface area contributed by atoms with Crippen molar-refractivity contribution in [1.29, 1.82) is 0 Å². The maximum atomic E-state index is 12.6. The number of amides is 3. The molecule has 1 atom stereocenters. The number of urea groups is 1. The second-order valence-corrected chi connectivity index (χ2v) is 6.14. The number of aromatic nitrogens is 3. The fraction of sp³-hybridized carbons (Fsp3) is 0.312. The first-order valence-electron chi connectivity index (χ1n) is 7.59. The lowest BCUT2D eigenvalue weighted by atomic mass is 10.1. The van der Waals surface area contributed by atoms with E-state index < -0.39 is 6.04 Å². The predicted molar refractivity (Wildman–Crippen MR) is 87.1 cm³/mol. The van der Waals surface area contributed by atoms with Gasteiger partial charge in [0.1, 0.15) is 0 Å². The van der Waals surface area contributed by atoms with Gasteiger partial charge in [-0.25, -0.2) is 9.37 Å². The van der Waals surface area contributed by atoms with Crippen molar-refractivity contribution in [3.8, 4) is 11.4 Å². The molecule has 122 valence electrons. The molecular formula is C16H17N6O2+.